The highest BCUT2D eigenvalue weighted by Crippen LogP contribution is 2.25. The zero-order chi connectivity index (χ0) is 12.8. The summed E-state index contributed by atoms with van der Waals surface area (Å²) in [6.07, 6.45) is 6.06. The van der Waals surface area contributed by atoms with Crippen LogP contribution < -0.4 is 10.6 Å². The zero-order valence-electron chi connectivity index (χ0n) is 10.0. The molecule has 0 aromatic carbocycles. The van der Waals surface area contributed by atoms with E-state index in [1.807, 2.05) is 19.2 Å². The summed E-state index contributed by atoms with van der Waals surface area (Å²) >= 11 is 3.47. The summed E-state index contributed by atoms with van der Waals surface area (Å²) in [5, 5.41) is 6.28. The third kappa shape index (κ3) is 3.16. The van der Waals surface area contributed by atoms with Gasteiger partial charge in [-0.3, -0.25) is 4.98 Å². The molecule has 0 unspecified atom stereocenters. The van der Waals surface area contributed by atoms with Gasteiger partial charge < -0.3 is 10.6 Å². The van der Waals surface area contributed by atoms with E-state index in [-0.39, 0.29) is 0 Å². The normalized spacial score (nSPS) is 10.1. The van der Waals surface area contributed by atoms with Crippen molar-refractivity contribution in [1.82, 2.24) is 15.0 Å². The molecule has 2 aromatic rings. The quantitative estimate of drug-likeness (QED) is 0.887. The van der Waals surface area contributed by atoms with Gasteiger partial charge in [-0.15, -0.1) is 0 Å². The van der Waals surface area contributed by atoms with Crippen LogP contribution in [0.5, 0.6) is 0 Å². The van der Waals surface area contributed by atoms with Crippen molar-refractivity contribution in [2.75, 3.05) is 24.2 Å². The Kier molecular flexibility index (Phi) is 4.46. The number of aromatic nitrogens is 3. The molecule has 0 aliphatic rings. The lowest BCUT2D eigenvalue weighted by Gasteiger charge is -2.09. The monoisotopic (exact) mass is 307 g/mol. The van der Waals surface area contributed by atoms with Gasteiger partial charge in [0.2, 0.25) is 0 Å². The Morgan fingerprint density at radius 3 is 2.61 bits per heavy atom. The van der Waals surface area contributed by atoms with Crippen LogP contribution in [0.3, 0.4) is 0 Å². The van der Waals surface area contributed by atoms with Crippen LogP contribution in [0, 0.1) is 0 Å². The standard InChI is InChI=1S/C12H14BrN5/c1-14-11-10(13)12(18-8-17-11)16-7-4-9-2-5-15-6-3-9/h2-3,5-6,8H,4,7H2,1H3,(H2,14,16,17,18). The van der Waals surface area contributed by atoms with Crippen molar-refractivity contribution < 1.29 is 0 Å². The Balaban J connectivity index is 1.95. The molecule has 2 aromatic heterocycles. The summed E-state index contributed by atoms with van der Waals surface area (Å²) in [7, 11) is 1.83. The van der Waals surface area contributed by atoms with Gasteiger partial charge in [-0.2, -0.15) is 0 Å². The van der Waals surface area contributed by atoms with Gasteiger partial charge in [0.1, 0.15) is 22.4 Å². The third-order valence-corrected chi connectivity index (χ3v) is 3.23. The fourth-order valence-corrected chi connectivity index (χ4v) is 2.09. The number of halogens is 1. The van der Waals surface area contributed by atoms with Gasteiger partial charge in [-0.25, -0.2) is 9.97 Å². The highest BCUT2D eigenvalue weighted by molar-refractivity contribution is 9.10. The van der Waals surface area contributed by atoms with Gasteiger partial charge >= 0.3 is 0 Å². The second-order valence-corrected chi connectivity index (χ2v) is 4.46. The number of anilines is 2. The van der Waals surface area contributed by atoms with Crippen molar-refractivity contribution in [1.29, 1.82) is 0 Å². The fraction of sp³-hybridized carbons (Fsp3) is 0.250. The molecule has 2 rings (SSSR count). The Bertz CT molecular complexity index is 503. The molecule has 0 aliphatic carbocycles. The van der Waals surface area contributed by atoms with E-state index in [2.05, 4.69) is 41.5 Å². The number of rotatable bonds is 5. The molecule has 0 bridgehead atoms. The number of nitrogens with zero attached hydrogens (tertiary/aromatic N) is 3. The van der Waals surface area contributed by atoms with Gasteiger partial charge in [-0.1, -0.05) is 0 Å². The van der Waals surface area contributed by atoms with Crippen molar-refractivity contribution in [2.45, 2.75) is 6.42 Å². The number of hydrogen-bond acceptors (Lipinski definition) is 5. The maximum Gasteiger partial charge on any atom is 0.145 e. The Labute approximate surface area is 114 Å². The Morgan fingerprint density at radius 2 is 1.89 bits per heavy atom. The topological polar surface area (TPSA) is 62.7 Å². The molecular weight excluding hydrogens is 294 g/mol. The van der Waals surface area contributed by atoms with Crippen LogP contribution >= 0.6 is 15.9 Å². The van der Waals surface area contributed by atoms with Crippen LogP contribution in [-0.4, -0.2) is 28.5 Å². The number of pyridine rings is 1. The molecule has 0 saturated carbocycles. The van der Waals surface area contributed by atoms with E-state index in [9.17, 15) is 0 Å². The first-order chi connectivity index (χ1) is 8.81. The molecule has 2 N–H and O–H groups in total. The van der Waals surface area contributed by atoms with Crippen molar-refractivity contribution in [3.63, 3.8) is 0 Å². The molecule has 6 heteroatoms. The number of nitrogens with one attached hydrogen (secondary N) is 2. The number of hydrogen-bond donors (Lipinski definition) is 2. The average molecular weight is 308 g/mol. The van der Waals surface area contributed by atoms with Crippen LogP contribution in [0.15, 0.2) is 35.3 Å². The predicted molar refractivity (Wildman–Crippen MR) is 75.7 cm³/mol. The smallest absolute Gasteiger partial charge is 0.145 e. The summed E-state index contributed by atoms with van der Waals surface area (Å²) in [4.78, 5) is 12.3. The van der Waals surface area contributed by atoms with Gasteiger partial charge in [0.25, 0.3) is 0 Å². The second-order valence-electron chi connectivity index (χ2n) is 3.67. The van der Waals surface area contributed by atoms with E-state index in [1.54, 1.807) is 12.4 Å². The highest BCUT2D eigenvalue weighted by atomic mass is 79.9. The fourth-order valence-electron chi connectivity index (χ4n) is 1.54. The minimum absolute atomic E-state index is 0.774. The molecule has 0 radical (unpaired) electrons. The minimum Gasteiger partial charge on any atom is -0.372 e. The summed E-state index contributed by atoms with van der Waals surface area (Å²) < 4.78 is 0.849. The summed E-state index contributed by atoms with van der Waals surface area (Å²) in [6, 6.07) is 4.02. The third-order valence-electron chi connectivity index (χ3n) is 2.48. The molecule has 94 valence electrons. The molecule has 18 heavy (non-hydrogen) atoms. The van der Waals surface area contributed by atoms with Crippen LogP contribution in [0.4, 0.5) is 11.6 Å². The SMILES string of the molecule is CNc1ncnc(NCCc2ccncc2)c1Br. The molecule has 5 nitrogen and oxygen atoms in total. The molecule has 2 heterocycles. The molecule has 0 aliphatic heterocycles. The zero-order valence-corrected chi connectivity index (χ0v) is 11.6. The molecule has 0 spiro atoms. The summed E-state index contributed by atoms with van der Waals surface area (Å²) in [6.45, 7) is 0.808. The summed E-state index contributed by atoms with van der Waals surface area (Å²) in [5.74, 6) is 1.57. The Hall–Kier alpha value is -1.69. The lowest BCUT2D eigenvalue weighted by atomic mass is 10.2. The molecular formula is C12H14BrN5. The van der Waals surface area contributed by atoms with Crippen molar-refractivity contribution in [3.8, 4) is 0 Å². The maximum atomic E-state index is 4.20. The minimum atomic E-state index is 0.774. The van der Waals surface area contributed by atoms with E-state index >= 15 is 0 Å². The second kappa shape index (κ2) is 6.30. The first-order valence-corrected chi connectivity index (χ1v) is 6.41. The molecule has 0 amide bonds. The predicted octanol–water partition coefficient (Wildman–Crippen LogP) is 2.33. The van der Waals surface area contributed by atoms with Crippen molar-refractivity contribution >= 4 is 27.6 Å². The van der Waals surface area contributed by atoms with E-state index in [0.717, 1.165) is 29.1 Å². The Morgan fingerprint density at radius 1 is 1.17 bits per heavy atom. The van der Waals surface area contributed by atoms with E-state index in [1.165, 1.54) is 11.9 Å². The maximum absolute atomic E-state index is 4.20. The summed E-state index contributed by atoms with van der Waals surface area (Å²) in [5.41, 5.74) is 1.25. The lowest BCUT2D eigenvalue weighted by molar-refractivity contribution is 0.991. The molecule has 0 atom stereocenters. The average Bonchev–Trinajstić information content (AvgIpc) is 2.42. The van der Waals surface area contributed by atoms with Crippen LogP contribution in [0.1, 0.15) is 5.56 Å². The van der Waals surface area contributed by atoms with Gasteiger partial charge in [-0.05, 0) is 40.0 Å². The van der Waals surface area contributed by atoms with Gasteiger partial charge in [0.05, 0.1) is 0 Å². The van der Waals surface area contributed by atoms with E-state index in [0.29, 0.717) is 0 Å². The van der Waals surface area contributed by atoms with E-state index in [4.69, 9.17) is 0 Å². The highest BCUT2D eigenvalue weighted by Gasteiger charge is 2.06. The van der Waals surface area contributed by atoms with Crippen LogP contribution in [0.25, 0.3) is 0 Å². The van der Waals surface area contributed by atoms with Crippen LogP contribution in [0.2, 0.25) is 0 Å². The van der Waals surface area contributed by atoms with Gasteiger partial charge in [0.15, 0.2) is 0 Å². The van der Waals surface area contributed by atoms with Crippen LogP contribution in [-0.2, 0) is 6.42 Å². The molecule has 0 fully saturated rings. The molecule has 0 saturated heterocycles. The van der Waals surface area contributed by atoms with Crippen molar-refractivity contribution in [2.24, 2.45) is 0 Å². The first-order valence-electron chi connectivity index (χ1n) is 5.62. The van der Waals surface area contributed by atoms with Gasteiger partial charge in [0, 0.05) is 26.0 Å². The lowest BCUT2D eigenvalue weighted by Crippen LogP contribution is -2.08. The first kappa shape index (κ1) is 12.8. The largest absolute Gasteiger partial charge is 0.372 e. The van der Waals surface area contributed by atoms with Crippen molar-refractivity contribution in [3.05, 3.63) is 40.9 Å². The van der Waals surface area contributed by atoms with E-state index < -0.39 is 0 Å².